The molecule has 8 heteroatoms. The number of aromatic nitrogens is 3. The van der Waals surface area contributed by atoms with E-state index in [4.69, 9.17) is 4.98 Å². The molecule has 0 radical (unpaired) electrons. The van der Waals surface area contributed by atoms with Gasteiger partial charge in [0.2, 0.25) is 5.88 Å². The molecule has 8 nitrogen and oxygen atoms in total. The molecular formula is C23H27N5O3. The van der Waals surface area contributed by atoms with Crippen molar-refractivity contribution in [1.29, 1.82) is 0 Å². The minimum atomic E-state index is -0.416. The van der Waals surface area contributed by atoms with Crippen LogP contribution in [0.4, 0.5) is 5.82 Å². The summed E-state index contributed by atoms with van der Waals surface area (Å²) in [6.45, 7) is 10.5. The summed E-state index contributed by atoms with van der Waals surface area (Å²) in [6, 6.07) is 9.03. The fourth-order valence-electron chi connectivity index (χ4n) is 4.02. The smallest absolute Gasteiger partial charge is 0.333 e. The molecule has 1 aliphatic heterocycles. The zero-order valence-electron chi connectivity index (χ0n) is 18.3. The topological polar surface area (TPSA) is 94.5 Å². The third kappa shape index (κ3) is 3.81. The van der Waals surface area contributed by atoms with Crippen LogP contribution in [-0.2, 0) is 0 Å². The zero-order valence-corrected chi connectivity index (χ0v) is 18.3. The summed E-state index contributed by atoms with van der Waals surface area (Å²) < 4.78 is 1.38. The number of H-pyrrole nitrogens is 1. The number of aromatic amines is 1. The molecule has 1 amide bonds. The second-order valence-corrected chi connectivity index (χ2v) is 8.06. The molecule has 4 rings (SSSR count). The number of aromatic hydroxyl groups is 1. The largest absolute Gasteiger partial charge is 0.493 e. The monoisotopic (exact) mass is 421 g/mol. The van der Waals surface area contributed by atoms with Crippen LogP contribution in [0.15, 0.2) is 35.1 Å². The summed E-state index contributed by atoms with van der Waals surface area (Å²) in [4.78, 5) is 36.2. The Hall–Kier alpha value is -3.55. The van der Waals surface area contributed by atoms with Gasteiger partial charge in [-0.3, -0.25) is 14.3 Å². The maximum atomic E-state index is 13.0. The first-order chi connectivity index (χ1) is 14.8. The molecule has 31 heavy (non-hydrogen) atoms. The number of imidazole rings is 1. The molecular weight excluding hydrogens is 394 g/mol. The van der Waals surface area contributed by atoms with Gasteiger partial charge in [0.1, 0.15) is 5.82 Å². The molecule has 0 bridgehead atoms. The summed E-state index contributed by atoms with van der Waals surface area (Å²) in [5.41, 5.74) is 4.55. The van der Waals surface area contributed by atoms with Crippen LogP contribution in [0.25, 0.3) is 5.69 Å². The van der Waals surface area contributed by atoms with E-state index >= 15 is 0 Å². The van der Waals surface area contributed by atoms with E-state index in [9.17, 15) is 14.7 Å². The number of anilines is 1. The van der Waals surface area contributed by atoms with Crippen molar-refractivity contribution >= 4 is 11.7 Å². The molecule has 1 saturated heterocycles. The Labute approximate surface area is 180 Å². The van der Waals surface area contributed by atoms with E-state index in [0.29, 0.717) is 30.0 Å². The maximum absolute atomic E-state index is 13.0. The Balaban J connectivity index is 1.45. The minimum absolute atomic E-state index is 0.0306. The van der Waals surface area contributed by atoms with E-state index < -0.39 is 5.69 Å². The molecule has 2 aromatic heterocycles. The van der Waals surface area contributed by atoms with Gasteiger partial charge < -0.3 is 14.9 Å². The molecule has 0 saturated carbocycles. The van der Waals surface area contributed by atoms with Gasteiger partial charge >= 0.3 is 5.69 Å². The lowest BCUT2D eigenvalue weighted by atomic mass is 10.1. The first-order valence-electron chi connectivity index (χ1n) is 10.4. The van der Waals surface area contributed by atoms with Gasteiger partial charge in [0.15, 0.2) is 0 Å². The second-order valence-electron chi connectivity index (χ2n) is 8.06. The van der Waals surface area contributed by atoms with E-state index in [2.05, 4.69) is 29.8 Å². The fourth-order valence-corrected chi connectivity index (χ4v) is 4.02. The van der Waals surface area contributed by atoms with Crippen molar-refractivity contribution in [1.82, 2.24) is 19.4 Å². The molecule has 3 aromatic rings. The van der Waals surface area contributed by atoms with Gasteiger partial charge in [0.05, 0.1) is 11.4 Å². The summed E-state index contributed by atoms with van der Waals surface area (Å²) in [5, 5.41) is 9.70. The van der Waals surface area contributed by atoms with Crippen LogP contribution in [0.1, 0.15) is 32.9 Å². The Bertz CT molecular complexity index is 1190. The number of amides is 1. The highest BCUT2D eigenvalue weighted by Crippen LogP contribution is 2.22. The highest BCUT2D eigenvalue weighted by atomic mass is 16.3. The van der Waals surface area contributed by atoms with Crippen molar-refractivity contribution < 1.29 is 9.90 Å². The van der Waals surface area contributed by atoms with Crippen molar-refractivity contribution in [2.24, 2.45) is 0 Å². The van der Waals surface area contributed by atoms with Crippen molar-refractivity contribution in [3.63, 3.8) is 0 Å². The van der Waals surface area contributed by atoms with Crippen LogP contribution in [-0.4, -0.2) is 56.6 Å². The Kier molecular flexibility index (Phi) is 5.31. The van der Waals surface area contributed by atoms with Gasteiger partial charge in [-0.05, 0) is 63.1 Å². The number of hydrogen-bond acceptors (Lipinski definition) is 5. The van der Waals surface area contributed by atoms with Crippen molar-refractivity contribution in [3.8, 4) is 11.6 Å². The van der Waals surface area contributed by atoms with Crippen LogP contribution >= 0.6 is 0 Å². The van der Waals surface area contributed by atoms with E-state index in [1.807, 2.05) is 11.8 Å². The number of carbonyl (C=O) groups excluding carboxylic acids is 1. The standard InChI is InChI=1S/C23H27N5O3/c1-14-13-15(2)20(24-16(14)3)26-9-11-27(12-10-26)22(30)18-5-7-19(8-6-18)28-17(4)21(29)25-23(28)31/h5-8,13,29H,9-12H2,1-4H3,(H,25,31). The number of nitrogens with one attached hydrogen (secondary N) is 1. The van der Waals surface area contributed by atoms with Crippen molar-refractivity contribution in [2.75, 3.05) is 31.1 Å². The van der Waals surface area contributed by atoms with Gasteiger partial charge in [-0.2, -0.15) is 0 Å². The van der Waals surface area contributed by atoms with Crippen LogP contribution in [0.2, 0.25) is 0 Å². The lowest BCUT2D eigenvalue weighted by Crippen LogP contribution is -2.49. The first kappa shape index (κ1) is 20.7. The second kappa shape index (κ2) is 7.94. The number of pyridine rings is 1. The minimum Gasteiger partial charge on any atom is -0.493 e. The average Bonchev–Trinajstić information content (AvgIpc) is 3.02. The summed E-state index contributed by atoms with van der Waals surface area (Å²) in [6.07, 6.45) is 0. The predicted molar refractivity (Wildman–Crippen MR) is 119 cm³/mol. The van der Waals surface area contributed by atoms with E-state index in [0.717, 1.165) is 30.2 Å². The SMILES string of the molecule is Cc1cc(C)c(N2CCN(C(=O)c3ccc(-n4c(C)c(O)[nH]c4=O)cc3)CC2)nc1C. The number of rotatable bonds is 3. The fraction of sp³-hybridized carbons (Fsp3) is 0.348. The van der Waals surface area contributed by atoms with Crippen LogP contribution in [0.3, 0.4) is 0 Å². The van der Waals surface area contributed by atoms with Gasteiger partial charge in [-0.1, -0.05) is 6.07 Å². The molecule has 0 aliphatic carbocycles. The Morgan fingerprint density at radius 3 is 2.23 bits per heavy atom. The molecule has 1 fully saturated rings. The number of benzene rings is 1. The molecule has 162 valence electrons. The number of aryl methyl sites for hydroxylation is 3. The van der Waals surface area contributed by atoms with Crippen LogP contribution in [0, 0.1) is 27.7 Å². The summed E-state index contributed by atoms with van der Waals surface area (Å²) >= 11 is 0. The van der Waals surface area contributed by atoms with E-state index in [1.54, 1.807) is 31.2 Å². The van der Waals surface area contributed by atoms with E-state index in [-0.39, 0.29) is 11.8 Å². The number of piperazine rings is 1. The first-order valence-corrected chi connectivity index (χ1v) is 10.4. The van der Waals surface area contributed by atoms with Crippen LogP contribution < -0.4 is 10.6 Å². The quantitative estimate of drug-likeness (QED) is 0.678. The number of hydrogen-bond donors (Lipinski definition) is 2. The molecule has 1 aliphatic rings. The molecule has 1 aromatic carbocycles. The van der Waals surface area contributed by atoms with Crippen molar-refractivity contribution in [3.05, 3.63) is 68.9 Å². The van der Waals surface area contributed by atoms with E-state index in [1.165, 1.54) is 10.1 Å². The zero-order chi connectivity index (χ0) is 22.3. The predicted octanol–water partition coefficient (Wildman–Crippen LogP) is 2.46. The third-order valence-electron chi connectivity index (χ3n) is 5.98. The lowest BCUT2D eigenvalue weighted by molar-refractivity contribution is 0.0746. The summed E-state index contributed by atoms with van der Waals surface area (Å²) in [5.74, 6) is 0.809. The van der Waals surface area contributed by atoms with Gasteiger partial charge in [-0.25, -0.2) is 9.78 Å². The maximum Gasteiger partial charge on any atom is 0.333 e. The molecule has 2 N–H and O–H groups in total. The normalized spacial score (nSPS) is 14.2. The van der Waals surface area contributed by atoms with Crippen LogP contribution in [0.5, 0.6) is 5.88 Å². The average molecular weight is 422 g/mol. The highest BCUT2D eigenvalue weighted by molar-refractivity contribution is 5.94. The number of carbonyl (C=O) groups is 1. The molecule has 0 spiro atoms. The Morgan fingerprint density at radius 1 is 1.00 bits per heavy atom. The van der Waals surface area contributed by atoms with Crippen molar-refractivity contribution in [2.45, 2.75) is 27.7 Å². The van der Waals surface area contributed by atoms with Gasteiger partial charge in [0.25, 0.3) is 5.91 Å². The molecule has 3 heterocycles. The summed E-state index contributed by atoms with van der Waals surface area (Å²) in [7, 11) is 0. The van der Waals surface area contributed by atoms with Gasteiger partial charge in [-0.15, -0.1) is 0 Å². The molecule has 0 unspecified atom stereocenters. The third-order valence-corrected chi connectivity index (χ3v) is 5.98. The number of nitrogens with zero attached hydrogens (tertiary/aromatic N) is 4. The Morgan fingerprint density at radius 2 is 1.65 bits per heavy atom. The molecule has 0 atom stereocenters. The lowest BCUT2D eigenvalue weighted by Gasteiger charge is -2.36. The highest BCUT2D eigenvalue weighted by Gasteiger charge is 2.24. The van der Waals surface area contributed by atoms with Gasteiger partial charge in [0, 0.05) is 37.4 Å².